The van der Waals surface area contributed by atoms with Crippen LogP contribution >= 0.6 is 0 Å². The van der Waals surface area contributed by atoms with E-state index in [4.69, 9.17) is 4.74 Å². The summed E-state index contributed by atoms with van der Waals surface area (Å²) in [5.74, 6) is 1.83. The van der Waals surface area contributed by atoms with Gasteiger partial charge in [0.1, 0.15) is 0 Å². The minimum Gasteiger partial charge on any atom is -0.385 e. The Morgan fingerprint density at radius 3 is 2.50 bits per heavy atom. The first kappa shape index (κ1) is 14.0. The lowest BCUT2D eigenvalue weighted by Gasteiger charge is -2.26. The van der Waals surface area contributed by atoms with Crippen molar-refractivity contribution in [1.29, 1.82) is 0 Å². The highest BCUT2D eigenvalue weighted by Gasteiger charge is 2.27. The third kappa shape index (κ3) is 5.31. The van der Waals surface area contributed by atoms with Crippen molar-refractivity contribution in [3.8, 4) is 0 Å². The summed E-state index contributed by atoms with van der Waals surface area (Å²) >= 11 is 0. The third-order valence-electron chi connectivity index (χ3n) is 3.63. The summed E-state index contributed by atoms with van der Waals surface area (Å²) in [5.41, 5.74) is 0.264. The summed E-state index contributed by atoms with van der Waals surface area (Å²) in [6, 6.07) is 0. The van der Waals surface area contributed by atoms with Crippen LogP contribution in [0.25, 0.3) is 0 Å². The van der Waals surface area contributed by atoms with Gasteiger partial charge in [-0.2, -0.15) is 0 Å². The van der Waals surface area contributed by atoms with E-state index in [1.165, 1.54) is 38.6 Å². The van der Waals surface area contributed by atoms with Crippen molar-refractivity contribution in [3.05, 3.63) is 0 Å². The van der Waals surface area contributed by atoms with E-state index in [-0.39, 0.29) is 5.54 Å². The maximum atomic E-state index is 5.14. The summed E-state index contributed by atoms with van der Waals surface area (Å²) < 4.78 is 5.14. The van der Waals surface area contributed by atoms with Crippen LogP contribution in [0.15, 0.2) is 0 Å². The van der Waals surface area contributed by atoms with Crippen molar-refractivity contribution < 1.29 is 4.74 Å². The highest BCUT2D eigenvalue weighted by molar-refractivity contribution is 4.82. The van der Waals surface area contributed by atoms with Gasteiger partial charge in [-0.05, 0) is 58.4 Å². The van der Waals surface area contributed by atoms with E-state index in [9.17, 15) is 0 Å². The van der Waals surface area contributed by atoms with Gasteiger partial charge < -0.3 is 10.1 Å². The molecule has 0 aromatic rings. The van der Waals surface area contributed by atoms with Gasteiger partial charge in [0, 0.05) is 19.3 Å². The molecule has 1 fully saturated rings. The van der Waals surface area contributed by atoms with Gasteiger partial charge in [0.25, 0.3) is 0 Å². The summed E-state index contributed by atoms with van der Waals surface area (Å²) in [6.45, 7) is 8.88. The summed E-state index contributed by atoms with van der Waals surface area (Å²) in [6.07, 6.45) is 6.85. The Morgan fingerprint density at radius 1 is 1.19 bits per heavy atom. The largest absolute Gasteiger partial charge is 0.385 e. The quantitative estimate of drug-likeness (QED) is 0.704. The minimum absolute atomic E-state index is 0.264. The molecule has 1 saturated carbocycles. The fourth-order valence-electron chi connectivity index (χ4n) is 2.69. The Labute approximate surface area is 101 Å². The van der Waals surface area contributed by atoms with E-state index in [2.05, 4.69) is 26.1 Å². The monoisotopic (exact) mass is 227 g/mol. The number of ether oxygens (including phenoxy) is 1. The molecule has 1 aliphatic carbocycles. The van der Waals surface area contributed by atoms with Crippen LogP contribution < -0.4 is 5.32 Å². The topological polar surface area (TPSA) is 21.3 Å². The van der Waals surface area contributed by atoms with Crippen LogP contribution in [0.3, 0.4) is 0 Å². The molecule has 0 bridgehead atoms. The van der Waals surface area contributed by atoms with E-state index >= 15 is 0 Å². The number of hydrogen-bond donors (Lipinski definition) is 1. The molecule has 2 heteroatoms. The van der Waals surface area contributed by atoms with Crippen LogP contribution in [-0.2, 0) is 4.74 Å². The highest BCUT2D eigenvalue weighted by Crippen LogP contribution is 2.34. The lowest BCUT2D eigenvalue weighted by molar-refractivity contribution is 0.181. The molecular weight excluding hydrogens is 198 g/mol. The molecule has 0 saturated heterocycles. The average Bonchev–Trinajstić information content (AvgIpc) is 2.62. The van der Waals surface area contributed by atoms with Gasteiger partial charge >= 0.3 is 0 Å². The first-order chi connectivity index (χ1) is 7.53. The van der Waals surface area contributed by atoms with E-state index in [1.54, 1.807) is 7.11 Å². The zero-order valence-electron chi connectivity index (χ0n) is 11.5. The van der Waals surface area contributed by atoms with E-state index in [0.717, 1.165) is 18.4 Å². The molecule has 0 aromatic heterocycles. The maximum absolute atomic E-state index is 5.14. The molecule has 1 rings (SSSR count). The first-order valence-electron chi connectivity index (χ1n) is 6.77. The predicted octanol–water partition coefficient (Wildman–Crippen LogP) is 3.22. The van der Waals surface area contributed by atoms with E-state index in [1.807, 2.05) is 0 Å². The van der Waals surface area contributed by atoms with Gasteiger partial charge in [-0.3, -0.25) is 0 Å². The zero-order valence-corrected chi connectivity index (χ0v) is 11.5. The molecule has 0 aromatic carbocycles. The van der Waals surface area contributed by atoms with Gasteiger partial charge in [-0.15, -0.1) is 0 Å². The zero-order chi connectivity index (χ0) is 12.0. The molecule has 0 heterocycles. The van der Waals surface area contributed by atoms with Crippen molar-refractivity contribution in [3.63, 3.8) is 0 Å². The smallest absolute Gasteiger partial charge is 0.0462 e. The van der Waals surface area contributed by atoms with Crippen LogP contribution in [0.1, 0.15) is 52.9 Å². The molecule has 1 N–H and O–H groups in total. The molecule has 96 valence electrons. The standard InChI is InChI=1S/C14H29NO/c1-14(2,3)15-11-13-8-5-7-12(13)9-6-10-16-4/h12-13,15H,5-11H2,1-4H3. The van der Waals surface area contributed by atoms with Crippen LogP contribution in [0.2, 0.25) is 0 Å². The van der Waals surface area contributed by atoms with Crippen LogP contribution in [-0.4, -0.2) is 25.8 Å². The van der Waals surface area contributed by atoms with Gasteiger partial charge in [0.05, 0.1) is 0 Å². The third-order valence-corrected chi connectivity index (χ3v) is 3.63. The molecule has 1 aliphatic rings. The van der Waals surface area contributed by atoms with Crippen molar-refractivity contribution >= 4 is 0 Å². The van der Waals surface area contributed by atoms with Crippen LogP contribution in [0.5, 0.6) is 0 Å². The lowest BCUT2D eigenvalue weighted by atomic mass is 9.91. The van der Waals surface area contributed by atoms with Crippen molar-refractivity contribution in [1.82, 2.24) is 5.32 Å². The Morgan fingerprint density at radius 2 is 1.88 bits per heavy atom. The Balaban J connectivity index is 2.23. The summed E-state index contributed by atoms with van der Waals surface area (Å²) in [7, 11) is 1.80. The van der Waals surface area contributed by atoms with Crippen LogP contribution in [0, 0.1) is 11.8 Å². The fourth-order valence-corrected chi connectivity index (χ4v) is 2.69. The van der Waals surface area contributed by atoms with Crippen molar-refractivity contribution in [2.45, 2.75) is 58.4 Å². The molecule has 2 atom stereocenters. The summed E-state index contributed by atoms with van der Waals surface area (Å²) in [4.78, 5) is 0. The van der Waals surface area contributed by atoms with Gasteiger partial charge in [0.15, 0.2) is 0 Å². The van der Waals surface area contributed by atoms with Crippen molar-refractivity contribution in [2.75, 3.05) is 20.3 Å². The first-order valence-corrected chi connectivity index (χ1v) is 6.77. The average molecular weight is 227 g/mol. The SMILES string of the molecule is COCCCC1CCCC1CNC(C)(C)C. The second-order valence-electron chi connectivity index (χ2n) is 6.22. The molecule has 2 unspecified atom stereocenters. The highest BCUT2D eigenvalue weighted by atomic mass is 16.5. The number of nitrogens with one attached hydrogen (secondary N) is 1. The molecule has 0 radical (unpaired) electrons. The molecule has 16 heavy (non-hydrogen) atoms. The van der Waals surface area contributed by atoms with E-state index < -0.39 is 0 Å². The maximum Gasteiger partial charge on any atom is 0.0462 e. The number of rotatable bonds is 6. The van der Waals surface area contributed by atoms with Gasteiger partial charge in [-0.25, -0.2) is 0 Å². The Hall–Kier alpha value is -0.0800. The second kappa shape index (κ2) is 6.61. The molecule has 2 nitrogen and oxygen atoms in total. The van der Waals surface area contributed by atoms with E-state index in [0.29, 0.717) is 0 Å². The predicted molar refractivity (Wildman–Crippen MR) is 69.7 cm³/mol. The second-order valence-corrected chi connectivity index (χ2v) is 6.22. The van der Waals surface area contributed by atoms with Gasteiger partial charge in [0.2, 0.25) is 0 Å². The Kier molecular flexibility index (Phi) is 5.77. The lowest BCUT2D eigenvalue weighted by Crippen LogP contribution is -2.39. The number of methoxy groups -OCH3 is 1. The molecular formula is C14H29NO. The molecule has 0 spiro atoms. The van der Waals surface area contributed by atoms with Crippen LogP contribution in [0.4, 0.5) is 0 Å². The summed E-state index contributed by atoms with van der Waals surface area (Å²) in [5, 5.41) is 3.65. The normalized spacial score (nSPS) is 26.2. The molecule has 0 aliphatic heterocycles. The fraction of sp³-hybridized carbons (Fsp3) is 1.00. The van der Waals surface area contributed by atoms with Gasteiger partial charge in [-0.1, -0.05) is 12.8 Å². The Bertz CT molecular complexity index is 186. The minimum atomic E-state index is 0.264. The number of hydrogen-bond acceptors (Lipinski definition) is 2. The van der Waals surface area contributed by atoms with Crippen molar-refractivity contribution in [2.24, 2.45) is 11.8 Å². The molecule has 0 amide bonds.